The van der Waals surface area contributed by atoms with Crippen molar-refractivity contribution >= 4 is 27.9 Å². The van der Waals surface area contributed by atoms with Crippen LogP contribution in [0.1, 0.15) is 35.9 Å². The second-order valence-electron chi connectivity index (χ2n) is 4.91. The van der Waals surface area contributed by atoms with E-state index in [1.807, 2.05) is 0 Å². The summed E-state index contributed by atoms with van der Waals surface area (Å²) in [5, 5.41) is 0.937. The van der Waals surface area contributed by atoms with E-state index in [0.29, 0.717) is 22.2 Å². The fraction of sp³-hybridized carbons (Fsp3) is 0.615. The molecule has 6 heteroatoms. The second kappa shape index (κ2) is 5.69. The fourth-order valence-electron chi connectivity index (χ4n) is 2.59. The van der Waals surface area contributed by atoms with E-state index in [0.717, 1.165) is 24.5 Å². The Morgan fingerprint density at radius 3 is 2.89 bits per heavy atom. The van der Waals surface area contributed by atoms with Gasteiger partial charge in [-0.05, 0) is 18.8 Å². The normalized spacial score (nSPS) is 19.5. The molecule has 1 fully saturated rings. The summed E-state index contributed by atoms with van der Waals surface area (Å²) >= 11 is 1.34. The van der Waals surface area contributed by atoms with Crippen LogP contribution < -0.4 is 21.1 Å². The van der Waals surface area contributed by atoms with Crippen LogP contribution in [0.2, 0.25) is 0 Å². The number of nitrogens with zero attached hydrogens (tertiary/aromatic N) is 1. The van der Waals surface area contributed by atoms with Gasteiger partial charge >= 0.3 is 0 Å². The number of primary amides is 1. The summed E-state index contributed by atoms with van der Waals surface area (Å²) in [5.41, 5.74) is 11.7. The Balaban J connectivity index is 2.33. The molecule has 1 aromatic heterocycles. The van der Waals surface area contributed by atoms with Crippen molar-refractivity contribution in [3.05, 3.63) is 4.88 Å². The lowest BCUT2D eigenvalue weighted by Gasteiger charge is -2.33. The largest absolute Gasteiger partial charge is 0.492 e. The highest BCUT2D eigenvalue weighted by Crippen LogP contribution is 2.45. The molecule has 0 bridgehead atoms. The minimum atomic E-state index is -0.490. The van der Waals surface area contributed by atoms with Crippen LogP contribution in [0.15, 0.2) is 0 Å². The first-order valence-corrected chi connectivity index (χ1v) is 7.41. The molecule has 1 aromatic rings. The fourth-order valence-corrected chi connectivity index (χ4v) is 3.67. The molecule has 0 aromatic carbocycles. The molecule has 1 aliphatic heterocycles. The van der Waals surface area contributed by atoms with Crippen molar-refractivity contribution in [3.8, 4) is 5.75 Å². The van der Waals surface area contributed by atoms with E-state index in [9.17, 15) is 4.79 Å². The quantitative estimate of drug-likeness (QED) is 0.886. The first kappa shape index (κ1) is 14.0. The van der Waals surface area contributed by atoms with Crippen LogP contribution in [0.4, 0.5) is 10.7 Å². The van der Waals surface area contributed by atoms with Crippen LogP contribution in [0, 0.1) is 5.92 Å². The Labute approximate surface area is 117 Å². The number of piperidine rings is 1. The number of thiophene rings is 1. The predicted molar refractivity (Wildman–Crippen MR) is 79.0 cm³/mol. The molecular weight excluding hydrogens is 262 g/mol. The maximum Gasteiger partial charge on any atom is 0.261 e. The molecule has 4 N–H and O–H groups in total. The van der Waals surface area contributed by atoms with Gasteiger partial charge in [0, 0.05) is 13.1 Å². The van der Waals surface area contributed by atoms with Gasteiger partial charge < -0.3 is 21.1 Å². The van der Waals surface area contributed by atoms with E-state index < -0.39 is 5.91 Å². The topological polar surface area (TPSA) is 81.6 Å². The third-order valence-corrected chi connectivity index (χ3v) is 4.96. The summed E-state index contributed by atoms with van der Waals surface area (Å²) in [7, 11) is 1.58. The number of anilines is 2. The van der Waals surface area contributed by atoms with E-state index in [2.05, 4.69) is 11.8 Å². The van der Waals surface area contributed by atoms with Gasteiger partial charge in [0.25, 0.3) is 5.91 Å². The van der Waals surface area contributed by atoms with E-state index >= 15 is 0 Å². The van der Waals surface area contributed by atoms with Crippen molar-refractivity contribution in [2.75, 3.05) is 30.8 Å². The third kappa shape index (κ3) is 2.63. The zero-order valence-corrected chi connectivity index (χ0v) is 12.3. The number of hydrogen-bond donors (Lipinski definition) is 2. The maximum absolute atomic E-state index is 11.4. The number of nitrogens with two attached hydrogens (primary N) is 2. The average molecular weight is 283 g/mol. The van der Waals surface area contributed by atoms with Crippen molar-refractivity contribution in [2.24, 2.45) is 11.7 Å². The summed E-state index contributed by atoms with van der Waals surface area (Å²) in [6.07, 6.45) is 3.59. The SMILES string of the molecule is CCC1CCCN(c2sc(C(N)=O)c(N)c2OC)C1. The molecular formula is C13H21N3O2S. The molecule has 19 heavy (non-hydrogen) atoms. The van der Waals surface area contributed by atoms with Gasteiger partial charge in [-0.3, -0.25) is 4.79 Å². The van der Waals surface area contributed by atoms with Gasteiger partial charge in [0.15, 0.2) is 5.75 Å². The van der Waals surface area contributed by atoms with Gasteiger partial charge in [-0.25, -0.2) is 0 Å². The molecule has 1 aliphatic rings. The molecule has 2 rings (SSSR count). The van der Waals surface area contributed by atoms with Crippen LogP contribution in [0.3, 0.4) is 0 Å². The third-order valence-electron chi connectivity index (χ3n) is 3.69. The van der Waals surface area contributed by atoms with Crippen molar-refractivity contribution < 1.29 is 9.53 Å². The molecule has 2 heterocycles. The molecule has 0 saturated carbocycles. The number of nitrogen functional groups attached to an aromatic ring is 1. The number of amides is 1. The number of hydrogen-bond acceptors (Lipinski definition) is 5. The lowest BCUT2D eigenvalue weighted by atomic mass is 9.96. The molecule has 1 unspecified atom stereocenters. The monoisotopic (exact) mass is 283 g/mol. The van der Waals surface area contributed by atoms with Gasteiger partial charge in [-0.15, -0.1) is 11.3 Å². The average Bonchev–Trinajstić information content (AvgIpc) is 2.75. The summed E-state index contributed by atoms with van der Waals surface area (Å²) < 4.78 is 5.37. The lowest BCUT2D eigenvalue weighted by Crippen LogP contribution is -2.34. The molecule has 106 valence electrons. The van der Waals surface area contributed by atoms with Crippen LogP contribution in [0.5, 0.6) is 5.75 Å². The Bertz CT molecular complexity index is 473. The van der Waals surface area contributed by atoms with Crippen molar-refractivity contribution in [3.63, 3.8) is 0 Å². The Morgan fingerprint density at radius 1 is 1.58 bits per heavy atom. The standard InChI is InChI=1S/C13H21N3O2S/c1-3-8-5-4-6-16(7-8)13-10(18-2)9(14)11(19-13)12(15)17/h8H,3-7,14H2,1-2H3,(H2,15,17). The van der Waals surface area contributed by atoms with E-state index in [1.54, 1.807) is 7.11 Å². The van der Waals surface area contributed by atoms with E-state index in [-0.39, 0.29) is 0 Å². The predicted octanol–water partition coefficient (Wildman–Crippen LogP) is 2.06. The van der Waals surface area contributed by atoms with Gasteiger partial charge in [0.1, 0.15) is 15.6 Å². The van der Waals surface area contributed by atoms with Crippen molar-refractivity contribution in [1.82, 2.24) is 0 Å². The van der Waals surface area contributed by atoms with Crippen LogP contribution in [-0.4, -0.2) is 26.1 Å². The van der Waals surface area contributed by atoms with Gasteiger partial charge in [0.2, 0.25) is 0 Å². The maximum atomic E-state index is 11.4. The van der Waals surface area contributed by atoms with E-state index in [1.165, 1.54) is 24.2 Å². The minimum absolute atomic E-state index is 0.369. The summed E-state index contributed by atoms with van der Waals surface area (Å²) in [5.74, 6) is 0.797. The van der Waals surface area contributed by atoms with Crippen LogP contribution in [0.25, 0.3) is 0 Å². The van der Waals surface area contributed by atoms with Gasteiger partial charge in [-0.1, -0.05) is 13.3 Å². The molecule has 1 saturated heterocycles. The first-order valence-electron chi connectivity index (χ1n) is 6.59. The van der Waals surface area contributed by atoms with Gasteiger partial charge in [0.05, 0.1) is 7.11 Å². The second-order valence-corrected chi connectivity index (χ2v) is 5.91. The lowest BCUT2D eigenvalue weighted by molar-refractivity contribution is 0.100. The molecule has 1 atom stereocenters. The van der Waals surface area contributed by atoms with Gasteiger partial charge in [-0.2, -0.15) is 0 Å². The summed E-state index contributed by atoms with van der Waals surface area (Å²) in [6, 6.07) is 0. The summed E-state index contributed by atoms with van der Waals surface area (Å²) in [4.78, 5) is 14.0. The summed E-state index contributed by atoms with van der Waals surface area (Å²) in [6.45, 7) is 4.18. The first-order chi connectivity index (χ1) is 9.08. The zero-order valence-electron chi connectivity index (χ0n) is 11.4. The highest BCUT2D eigenvalue weighted by molar-refractivity contribution is 7.19. The number of carbonyl (C=O) groups excluding carboxylic acids is 1. The highest BCUT2D eigenvalue weighted by atomic mass is 32.1. The number of ether oxygens (including phenoxy) is 1. The minimum Gasteiger partial charge on any atom is -0.492 e. The van der Waals surface area contributed by atoms with Crippen molar-refractivity contribution in [2.45, 2.75) is 26.2 Å². The Morgan fingerprint density at radius 2 is 2.32 bits per heavy atom. The Hall–Kier alpha value is -1.43. The molecule has 0 spiro atoms. The number of methoxy groups -OCH3 is 1. The molecule has 5 nitrogen and oxygen atoms in total. The molecule has 1 amide bonds. The van der Waals surface area contributed by atoms with Crippen molar-refractivity contribution in [1.29, 1.82) is 0 Å². The number of carbonyl (C=O) groups is 1. The Kier molecular flexibility index (Phi) is 4.19. The zero-order chi connectivity index (χ0) is 14.0. The molecule has 0 aliphatic carbocycles. The van der Waals surface area contributed by atoms with Crippen LogP contribution in [-0.2, 0) is 0 Å². The number of rotatable bonds is 4. The van der Waals surface area contributed by atoms with E-state index in [4.69, 9.17) is 16.2 Å². The smallest absolute Gasteiger partial charge is 0.261 e. The molecule has 0 radical (unpaired) electrons. The highest BCUT2D eigenvalue weighted by Gasteiger charge is 2.27. The van der Waals surface area contributed by atoms with Crippen LogP contribution >= 0.6 is 11.3 Å².